The molecule has 1 saturated carbocycles. The van der Waals surface area contributed by atoms with E-state index in [2.05, 4.69) is 4.74 Å². The minimum Gasteiger partial charge on any atom is -0.452 e. The number of hydrogen-bond donors (Lipinski definition) is 2. The highest BCUT2D eigenvalue weighted by Crippen LogP contribution is 2.38. The highest BCUT2D eigenvalue weighted by molar-refractivity contribution is 7.87. The van der Waals surface area contributed by atoms with Crippen LogP contribution in [-0.2, 0) is 14.9 Å². The van der Waals surface area contributed by atoms with Crippen LogP contribution in [0.15, 0.2) is 0 Å². The van der Waals surface area contributed by atoms with E-state index in [0.717, 1.165) is 20.0 Å². The van der Waals surface area contributed by atoms with Crippen LogP contribution in [0.1, 0.15) is 12.8 Å². The number of amides is 1. The Bertz CT molecular complexity index is 410. The molecule has 0 aromatic rings. The molecule has 98 valence electrons. The Labute approximate surface area is 99.9 Å². The molecule has 1 saturated heterocycles. The zero-order valence-electron chi connectivity index (χ0n) is 9.50. The van der Waals surface area contributed by atoms with Gasteiger partial charge in [0.1, 0.15) is 0 Å². The first-order valence-electron chi connectivity index (χ1n) is 5.48. The molecule has 8 heteroatoms. The highest BCUT2D eigenvalue weighted by atomic mass is 32.2. The molecule has 3 atom stereocenters. The maximum atomic E-state index is 11.8. The third-order valence-electron chi connectivity index (χ3n) is 3.52. The van der Waals surface area contributed by atoms with Crippen molar-refractivity contribution in [1.82, 2.24) is 9.03 Å². The highest BCUT2D eigenvalue weighted by Gasteiger charge is 2.45. The summed E-state index contributed by atoms with van der Waals surface area (Å²) < 4.78 is 30.8. The lowest BCUT2D eigenvalue weighted by Gasteiger charge is -2.17. The first-order valence-corrected chi connectivity index (χ1v) is 6.92. The van der Waals surface area contributed by atoms with E-state index in [1.165, 1.54) is 4.31 Å². The Morgan fingerprint density at radius 3 is 2.71 bits per heavy atom. The van der Waals surface area contributed by atoms with Crippen molar-refractivity contribution in [3.8, 4) is 0 Å². The summed E-state index contributed by atoms with van der Waals surface area (Å²) in [5.74, 6) is 0.184. The van der Waals surface area contributed by atoms with E-state index < -0.39 is 22.4 Å². The fourth-order valence-corrected chi connectivity index (χ4v) is 3.78. The summed E-state index contributed by atoms with van der Waals surface area (Å²) in [5, 5.41) is 9.68. The predicted molar refractivity (Wildman–Crippen MR) is 58.3 cm³/mol. The number of fused-ring (bicyclic) bond motifs is 1. The zero-order chi connectivity index (χ0) is 12.6. The lowest BCUT2D eigenvalue weighted by Crippen LogP contribution is -2.43. The number of aliphatic hydroxyl groups excluding tert-OH is 1. The van der Waals surface area contributed by atoms with Crippen LogP contribution in [0.5, 0.6) is 0 Å². The third kappa shape index (κ3) is 2.38. The predicted octanol–water partition coefficient (Wildman–Crippen LogP) is -0.710. The van der Waals surface area contributed by atoms with Crippen LogP contribution >= 0.6 is 0 Å². The van der Waals surface area contributed by atoms with Crippen molar-refractivity contribution >= 4 is 16.3 Å². The van der Waals surface area contributed by atoms with Gasteiger partial charge in [-0.15, -0.1) is 0 Å². The summed E-state index contributed by atoms with van der Waals surface area (Å²) in [6.07, 6.45) is 0.130. The van der Waals surface area contributed by atoms with Gasteiger partial charge in [0.05, 0.1) is 13.2 Å². The summed E-state index contributed by atoms with van der Waals surface area (Å²) in [7, 11) is -2.73. The molecule has 0 radical (unpaired) electrons. The van der Waals surface area contributed by atoms with Gasteiger partial charge in [-0.2, -0.15) is 12.7 Å². The number of aliphatic hydroxyl groups is 1. The van der Waals surface area contributed by atoms with Gasteiger partial charge in [-0.25, -0.2) is 9.52 Å². The number of carbonyl (C=O) groups excluding carboxylic acids is 1. The molecule has 2 fully saturated rings. The van der Waals surface area contributed by atoms with Gasteiger partial charge in [0.2, 0.25) is 0 Å². The van der Waals surface area contributed by atoms with Crippen LogP contribution in [0.3, 0.4) is 0 Å². The van der Waals surface area contributed by atoms with Crippen molar-refractivity contribution < 1.29 is 23.1 Å². The van der Waals surface area contributed by atoms with Crippen LogP contribution in [0.25, 0.3) is 0 Å². The van der Waals surface area contributed by atoms with Crippen molar-refractivity contribution in [3.63, 3.8) is 0 Å². The quantitative estimate of drug-likeness (QED) is 0.687. The topological polar surface area (TPSA) is 95.9 Å². The molecule has 1 amide bonds. The molecule has 2 aliphatic rings. The van der Waals surface area contributed by atoms with E-state index in [4.69, 9.17) is 0 Å². The van der Waals surface area contributed by atoms with E-state index >= 15 is 0 Å². The maximum absolute atomic E-state index is 11.8. The van der Waals surface area contributed by atoms with E-state index in [-0.39, 0.29) is 18.4 Å². The number of nitrogens with zero attached hydrogens (tertiary/aromatic N) is 1. The minimum absolute atomic E-state index is 0.00998. The largest absolute Gasteiger partial charge is 0.452 e. The molecule has 2 rings (SSSR count). The third-order valence-corrected chi connectivity index (χ3v) is 4.93. The molecule has 0 aromatic carbocycles. The number of nitrogens with one attached hydrogen (secondary N) is 1. The van der Waals surface area contributed by atoms with Gasteiger partial charge in [-0.05, 0) is 18.8 Å². The lowest BCUT2D eigenvalue weighted by molar-refractivity contribution is 0.129. The molecule has 0 aromatic heterocycles. The smallest absolute Gasteiger partial charge is 0.421 e. The molecule has 7 nitrogen and oxygen atoms in total. The second-order valence-electron chi connectivity index (χ2n) is 4.48. The zero-order valence-corrected chi connectivity index (χ0v) is 10.3. The first kappa shape index (κ1) is 12.6. The maximum Gasteiger partial charge on any atom is 0.421 e. The van der Waals surface area contributed by atoms with Gasteiger partial charge in [-0.3, -0.25) is 0 Å². The average Bonchev–Trinajstić information content (AvgIpc) is 2.81. The van der Waals surface area contributed by atoms with Gasteiger partial charge < -0.3 is 9.84 Å². The van der Waals surface area contributed by atoms with E-state index in [1.54, 1.807) is 0 Å². The fraction of sp³-hybridized carbons (Fsp3) is 0.889. The average molecular weight is 264 g/mol. The number of carbonyl (C=O) groups is 1. The fourth-order valence-electron chi connectivity index (χ4n) is 2.60. The molecule has 0 bridgehead atoms. The van der Waals surface area contributed by atoms with Crippen LogP contribution in [0, 0.1) is 11.8 Å². The van der Waals surface area contributed by atoms with E-state index in [9.17, 15) is 18.3 Å². The Morgan fingerprint density at radius 2 is 2.12 bits per heavy atom. The second kappa shape index (κ2) is 4.43. The summed E-state index contributed by atoms with van der Waals surface area (Å²) in [5.41, 5.74) is 0. The van der Waals surface area contributed by atoms with Gasteiger partial charge in [0, 0.05) is 19.0 Å². The molecule has 2 N–H and O–H groups in total. The standard InChI is InChI=1S/C9H16N2O5S/c1-16-9(13)10-17(14,15)11-4-6-2-3-8(12)7(6)5-11/h6-8,12H,2-5H2,1H3,(H,10,13). The summed E-state index contributed by atoms with van der Waals surface area (Å²) in [6.45, 7) is 0.617. The Balaban J connectivity index is 2.03. The minimum atomic E-state index is -3.84. The first-order chi connectivity index (χ1) is 7.94. The van der Waals surface area contributed by atoms with E-state index in [0.29, 0.717) is 6.54 Å². The van der Waals surface area contributed by atoms with Gasteiger partial charge in [0.25, 0.3) is 0 Å². The van der Waals surface area contributed by atoms with E-state index in [1.807, 2.05) is 4.72 Å². The van der Waals surface area contributed by atoms with Crippen molar-refractivity contribution in [2.24, 2.45) is 11.8 Å². The number of rotatable bonds is 2. The molecule has 3 unspecified atom stereocenters. The van der Waals surface area contributed by atoms with Crippen LogP contribution in [0.4, 0.5) is 4.79 Å². The Kier molecular flexibility index (Phi) is 3.28. The monoisotopic (exact) mass is 264 g/mol. The number of ether oxygens (including phenoxy) is 1. The van der Waals surface area contributed by atoms with Crippen molar-refractivity contribution in [2.45, 2.75) is 18.9 Å². The number of methoxy groups -OCH3 is 1. The van der Waals surface area contributed by atoms with Gasteiger partial charge in [0.15, 0.2) is 0 Å². The van der Waals surface area contributed by atoms with Crippen molar-refractivity contribution in [2.75, 3.05) is 20.2 Å². The van der Waals surface area contributed by atoms with Gasteiger partial charge >= 0.3 is 16.3 Å². The van der Waals surface area contributed by atoms with Crippen LogP contribution in [0.2, 0.25) is 0 Å². The number of hydrogen-bond acceptors (Lipinski definition) is 5. The molecular weight excluding hydrogens is 248 g/mol. The summed E-state index contributed by atoms with van der Waals surface area (Å²) in [6, 6.07) is 0. The van der Waals surface area contributed by atoms with Crippen molar-refractivity contribution in [1.29, 1.82) is 0 Å². The molecule has 1 aliphatic heterocycles. The Morgan fingerprint density at radius 1 is 1.41 bits per heavy atom. The molecule has 0 spiro atoms. The lowest BCUT2D eigenvalue weighted by atomic mass is 10.00. The summed E-state index contributed by atoms with van der Waals surface area (Å²) in [4.78, 5) is 10.9. The molecule has 17 heavy (non-hydrogen) atoms. The summed E-state index contributed by atoms with van der Waals surface area (Å²) >= 11 is 0. The Hall–Kier alpha value is -0.860. The molecule has 1 aliphatic carbocycles. The second-order valence-corrected chi connectivity index (χ2v) is 6.15. The molecule has 1 heterocycles. The SMILES string of the molecule is COC(=O)NS(=O)(=O)N1CC2CCC(O)C2C1. The van der Waals surface area contributed by atoms with Crippen LogP contribution in [-0.4, -0.2) is 50.2 Å². The van der Waals surface area contributed by atoms with Crippen LogP contribution < -0.4 is 4.72 Å². The van der Waals surface area contributed by atoms with Crippen molar-refractivity contribution in [3.05, 3.63) is 0 Å². The van der Waals surface area contributed by atoms with Gasteiger partial charge in [-0.1, -0.05) is 0 Å². The normalized spacial score (nSPS) is 33.4. The molecular formula is C9H16N2O5S.